The van der Waals surface area contributed by atoms with Crippen molar-refractivity contribution in [3.05, 3.63) is 90.0 Å². The average Bonchev–Trinajstić information content (AvgIpc) is 2.72. The van der Waals surface area contributed by atoms with Crippen LogP contribution in [0.2, 0.25) is 0 Å². The van der Waals surface area contributed by atoms with Crippen LogP contribution in [-0.4, -0.2) is 15.5 Å². The Hall–Kier alpha value is -3.00. The molecule has 4 nitrogen and oxygen atoms in total. The van der Waals surface area contributed by atoms with E-state index in [2.05, 4.69) is 0 Å². The molecule has 3 rings (SSSR count). The molecule has 152 valence electrons. The molecule has 0 N–H and O–H groups in total. The zero-order chi connectivity index (χ0) is 21.1. The van der Waals surface area contributed by atoms with Crippen LogP contribution in [0.25, 0.3) is 0 Å². The van der Waals surface area contributed by atoms with Crippen molar-refractivity contribution in [3.8, 4) is 5.75 Å². The Bertz CT molecular complexity index is 1070. The molecule has 0 aromatic heterocycles. The van der Waals surface area contributed by atoms with E-state index in [0.717, 1.165) is 22.5 Å². The summed E-state index contributed by atoms with van der Waals surface area (Å²) in [6, 6.07) is 18.9. The van der Waals surface area contributed by atoms with Gasteiger partial charge in [0.1, 0.15) is 5.75 Å². The topological polar surface area (TPSA) is 46.6 Å². The smallest absolute Gasteiger partial charge is 0.417 e. The molecule has 0 saturated heterocycles. The molecule has 0 spiro atoms. The fourth-order valence-corrected chi connectivity index (χ4v) is 4.53. The molecule has 0 saturated carbocycles. The highest BCUT2D eigenvalue weighted by Gasteiger charge is 2.39. The first-order valence-corrected chi connectivity index (χ1v) is 10.0. The Kier molecular flexibility index (Phi) is 5.83. The number of hydrogen-bond acceptors (Lipinski definition) is 3. The summed E-state index contributed by atoms with van der Waals surface area (Å²) >= 11 is 0. The van der Waals surface area contributed by atoms with Gasteiger partial charge in [0, 0.05) is 0 Å². The van der Waals surface area contributed by atoms with E-state index in [1.807, 2.05) is 0 Å². The Morgan fingerprint density at radius 1 is 0.862 bits per heavy atom. The van der Waals surface area contributed by atoms with Crippen LogP contribution in [0.5, 0.6) is 5.75 Å². The molecule has 0 aliphatic carbocycles. The molecule has 0 aliphatic rings. The van der Waals surface area contributed by atoms with Gasteiger partial charge in [-0.25, -0.2) is 8.42 Å². The summed E-state index contributed by atoms with van der Waals surface area (Å²) in [5.41, 5.74) is -0.338. The number of methoxy groups -OCH3 is 1. The molecule has 3 aromatic carbocycles. The van der Waals surface area contributed by atoms with E-state index in [1.165, 1.54) is 25.3 Å². The van der Waals surface area contributed by atoms with Gasteiger partial charge in [0.25, 0.3) is 10.0 Å². The summed E-state index contributed by atoms with van der Waals surface area (Å²) < 4.78 is 73.2. The van der Waals surface area contributed by atoms with Crippen LogP contribution < -0.4 is 9.04 Å². The third kappa shape index (κ3) is 4.54. The lowest BCUT2D eigenvalue weighted by atomic mass is 10.2. The second kappa shape index (κ2) is 8.16. The summed E-state index contributed by atoms with van der Waals surface area (Å²) in [5.74, 6) is 0.501. The maximum absolute atomic E-state index is 13.5. The number of rotatable bonds is 6. The minimum absolute atomic E-state index is 0.123. The largest absolute Gasteiger partial charge is 0.497 e. The molecule has 0 bridgehead atoms. The quantitative estimate of drug-likeness (QED) is 0.556. The van der Waals surface area contributed by atoms with Crippen LogP contribution >= 0.6 is 0 Å². The number of hydrogen-bond donors (Lipinski definition) is 0. The van der Waals surface area contributed by atoms with Gasteiger partial charge in [0.2, 0.25) is 0 Å². The Balaban J connectivity index is 2.14. The van der Waals surface area contributed by atoms with E-state index >= 15 is 0 Å². The Morgan fingerprint density at radius 2 is 1.45 bits per heavy atom. The molecule has 3 aromatic rings. The average molecular weight is 421 g/mol. The zero-order valence-electron chi connectivity index (χ0n) is 15.4. The highest BCUT2D eigenvalue weighted by atomic mass is 32.2. The Morgan fingerprint density at radius 3 is 2.03 bits per heavy atom. The highest BCUT2D eigenvalue weighted by molar-refractivity contribution is 7.92. The minimum atomic E-state index is -4.80. The molecule has 0 heterocycles. The third-order valence-electron chi connectivity index (χ3n) is 4.29. The molecular formula is C21H18F3NO3S. The van der Waals surface area contributed by atoms with E-state index in [4.69, 9.17) is 4.74 Å². The lowest BCUT2D eigenvalue weighted by Gasteiger charge is -2.26. The van der Waals surface area contributed by atoms with Gasteiger partial charge < -0.3 is 4.74 Å². The molecule has 0 amide bonds. The summed E-state index contributed by atoms with van der Waals surface area (Å²) in [4.78, 5) is -0.792. The first kappa shape index (κ1) is 20.7. The highest BCUT2D eigenvalue weighted by Crippen LogP contribution is 2.37. The summed E-state index contributed by atoms with van der Waals surface area (Å²) in [5, 5.41) is 0. The number of alkyl halides is 3. The summed E-state index contributed by atoms with van der Waals surface area (Å²) in [6.07, 6.45) is -4.80. The van der Waals surface area contributed by atoms with Crippen LogP contribution in [-0.2, 0) is 22.7 Å². The Labute approximate surface area is 167 Å². The zero-order valence-corrected chi connectivity index (χ0v) is 16.2. The van der Waals surface area contributed by atoms with Crippen LogP contribution in [0, 0.1) is 0 Å². The maximum atomic E-state index is 13.5. The standard InChI is InChI=1S/C21H18F3NO3S/c1-28-18-13-11-17(12-14-18)25(15-16-7-3-2-4-8-16)29(26,27)20-10-6-5-9-19(20)21(22,23)24/h2-14H,15H2,1H3. The van der Waals surface area contributed by atoms with E-state index in [-0.39, 0.29) is 12.2 Å². The lowest BCUT2D eigenvalue weighted by molar-refractivity contribution is -0.139. The number of benzene rings is 3. The van der Waals surface area contributed by atoms with Gasteiger partial charge in [-0.3, -0.25) is 4.31 Å². The van der Waals surface area contributed by atoms with Gasteiger partial charge in [-0.1, -0.05) is 42.5 Å². The predicted molar refractivity (Wildman–Crippen MR) is 104 cm³/mol. The van der Waals surface area contributed by atoms with Crippen molar-refractivity contribution >= 4 is 15.7 Å². The van der Waals surface area contributed by atoms with Gasteiger partial charge in [-0.15, -0.1) is 0 Å². The molecular weight excluding hydrogens is 403 g/mol. The fraction of sp³-hybridized carbons (Fsp3) is 0.143. The molecule has 8 heteroatoms. The van der Waals surface area contributed by atoms with Gasteiger partial charge in [0.15, 0.2) is 0 Å². The number of sulfonamides is 1. The third-order valence-corrected chi connectivity index (χ3v) is 6.12. The predicted octanol–water partition coefficient (Wildman–Crippen LogP) is 5.11. The van der Waals surface area contributed by atoms with Crippen molar-refractivity contribution < 1.29 is 26.3 Å². The van der Waals surface area contributed by atoms with Crippen molar-refractivity contribution in [1.82, 2.24) is 0 Å². The van der Waals surface area contributed by atoms with Gasteiger partial charge >= 0.3 is 6.18 Å². The van der Waals surface area contributed by atoms with Gasteiger partial charge in [0.05, 0.1) is 29.8 Å². The first-order valence-electron chi connectivity index (χ1n) is 8.60. The van der Waals surface area contributed by atoms with Crippen molar-refractivity contribution in [3.63, 3.8) is 0 Å². The molecule has 0 fully saturated rings. The van der Waals surface area contributed by atoms with E-state index in [1.54, 1.807) is 42.5 Å². The second-order valence-electron chi connectivity index (χ2n) is 6.19. The molecule has 29 heavy (non-hydrogen) atoms. The van der Waals surface area contributed by atoms with Crippen molar-refractivity contribution in [2.45, 2.75) is 17.6 Å². The number of ether oxygens (including phenoxy) is 1. The molecule has 0 unspecified atom stereocenters. The fourth-order valence-electron chi connectivity index (χ4n) is 2.86. The van der Waals surface area contributed by atoms with Crippen LogP contribution in [0.15, 0.2) is 83.8 Å². The van der Waals surface area contributed by atoms with Gasteiger partial charge in [-0.2, -0.15) is 13.2 Å². The van der Waals surface area contributed by atoms with E-state index in [0.29, 0.717) is 11.3 Å². The monoisotopic (exact) mass is 421 g/mol. The van der Waals surface area contributed by atoms with Crippen molar-refractivity contribution in [1.29, 1.82) is 0 Å². The van der Waals surface area contributed by atoms with Crippen molar-refractivity contribution in [2.75, 3.05) is 11.4 Å². The second-order valence-corrected chi connectivity index (χ2v) is 8.02. The van der Waals surface area contributed by atoms with Crippen LogP contribution in [0.4, 0.5) is 18.9 Å². The molecule has 0 radical (unpaired) electrons. The first-order chi connectivity index (χ1) is 13.7. The summed E-state index contributed by atoms with van der Waals surface area (Å²) in [7, 11) is -3.05. The van der Waals surface area contributed by atoms with Crippen molar-refractivity contribution in [2.24, 2.45) is 0 Å². The lowest BCUT2D eigenvalue weighted by Crippen LogP contribution is -2.32. The van der Waals surface area contributed by atoms with Crippen LogP contribution in [0.1, 0.15) is 11.1 Å². The maximum Gasteiger partial charge on any atom is 0.417 e. The normalized spacial score (nSPS) is 11.9. The number of nitrogens with zero attached hydrogens (tertiary/aromatic N) is 1. The SMILES string of the molecule is COc1ccc(N(Cc2ccccc2)S(=O)(=O)c2ccccc2C(F)(F)F)cc1. The molecule has 0 atom stereocenters. The number of anilines is 1. The van der Waals surface area contributed by atoms with E-state index in [9.17, 15) is 21.6 Å². The minimum Gasteiger partial charge on any atom is -0.497 e. The van der Waals surface area contributed by atoms with Gasteiger partial charge in [-0.05, 0) is 42.0 Å². The summed E-state index contributed by atoms with van der Waals surface area (Å²) in [6.45, 7) is -0.123. The molecule has 0 aliphatic heterocycles. The van der Waals surface area contributed by atoms with Crippen LogP contribution in [0.3, 0.4) is 0 Å². The number of halogens is 3. The van der Waals surface area contributed by atoms with E-state index < -0.39 is 26.7 Å².